The molecule has 1 atom stereocenters. The fourth-order valence-corrected chi connectivity index (χ4v) is 1.62. The molecule has 0 aliphatic heterocycles. The highest BCUT2D eigenvalue weighted by Crippen LogP contribution is 2.30. The zero-order valence-corrected chi connectivity index (χ0v) is 9.91. The molecule has 1 rings (SSSR count). The van der Waals surface area contributed by atoms with Crippen molar-refractivity contribution in [2.24, 2.45) is 5.73 Å². The number of carboxylic acids is 1. The molecule has 0 amide bonds. The number of hydrogen-bond donors (Lipinski definition) is 2. The number of rotatable bonds is 4. The molecule has 0 bridgehead atoms. The van der Waals surface area contributed by atoms with E-state index >= 15 is 0 Å². The van der Waals surface area contributed by atoms with Crippen molar-refractivity contribution >= 4 is 17.6 Å². The van der Waals surface area contributed by atoms with E-state index < -0.39 is 12.0 Å². The molecule has 1 unspecified atom stereocenters. The SMILES string of the molecule is COc1cc(C(N)CC(=O)O)cc(Cl)c1C. The minimum atomic E-state index is -0.942. The van der Waals surface area contributed by atoms with Crippen LogP contribution in [-0.2, 0) is 4.79 Å². The van der Waals surface area contributed by atoms with E-state index in [1.165, 1.54) is 7.11 Å². The fourth-order valence-electron chi connectivity index (χ4n) is 1.41. The van der Waals surface area contributed by atoms with E-state index in [1.807, 2.05) is 6.92 Å². The maximum Gasteiger partial charge on any atom is 0.305 e. The Balaban J connectivity index is 3.05. The number of nitrogens with two attached hydrogens (primary N) is 1. The number of aliphatic carboxylic acids is 1. The Kier molecular flexibility index (Phi) is 4.15. The molecular formula is C11H14ClNO3. The van der Waals surface area contributed by atoms with Gasteiger partial charge in [0.2, 0.25) is 0 Å². The zero-order chi connectivity index (χ0) is 12.3. The van der Waals surface area contributed by atoms with Crippen LogP contribution in [0.1, 0.15) is 23.6 Å². The molecule has 0 radical (unpaired) electrons. The summed E-state index contributed by atoms with van der Waals surface area (Å²) in [5.74, 6) is -0.327. The van der Waals surface area contributed by atoms with Crippen molar-refractivity contribution < 1.29 is 14.6 Å². The monoisotopic (exact) mass is 243 g/mol. The maximum atomic E-state index is 10.5. The summed E-state index contributed by atoms with van der Waals surface area (Å²) in [4.78, 5) is 10.5. The molecule has 0 aliphatic carbocycles. The van der Waals surface area contributed by atoms with Crippen molar-refractivity contribution in [3.63, 3.8) is 0 Å². The van der Waals surface area contributed by atoms with Gasteiger partial charge in [0, 0.05) is 16.6 Å². The Hall–Kier alpha value is -1.26. The summed E-state index contributed by atoms with van der Waals surface area (Å²) in [5, 5.41) is 9.17. The van der Waals surface area contributed by atoms with Gasteiger partial charge in [-0.1, -0.05) is 11.6 Å². The number of carboxylic acid groups (broad SMARTS) is 1. The van der Waals surface area contributed by atoms with Crippen molar-refractivity contribution in [1.29, 1.82) is 0 Å². The third-order valence-electron chi connectivity index (χ3n) is 2.36. The number of hydrogen-bond acceptors (Lipinski definition) is 3. The Labute approximate surface area is 99.0 Å². The predicted molar refractivity (Wildman–Crippen MR) is 61.9 cm³/mol. The molecule has 16 heavy (non-hydrogen) atoms. The lowest BCUT2D eigenvalue weighted by Gasteiger charge is -2.14. The van der Waals surface area contributed by atoms with Gasteiger partial charge in [-0.2, -0.15) is 0 Å². The Morgan fingerprint density at radius 3 is 2.75 bits per heavy atom. The van der Waals surface area contributed by atoms with Crippen LogP contribution in [-0.4, -0.2) is 18.2 Å². The van der Waals surface area contributed by atoms with E-state index in [0.29, 0.717) is 16.3 Å². The summed E-state index contributed by atoms with van der Waals surface area (Å²) in [7, 11) is 1.53. The standard InChI is InChI=1S/C11H14ClNO3/c1-6-8(12)3-7(4-10(6)16-2)9(13)5-11(14)15/h3-4,9H,5,13H2,1-2H3,(H,14,15). The highest BCUT2D eigenvalue weighted by molar-refractivity contribution is 6.31. The molecule has 0 heterocycles. The molecule has 0 spiro atoms. The molecule has 4 nitrogen and oxygen atoms in total. The molecule has 88 valence electrons. The first-order chi connectivity index (χ1) is 7.45. The number of benzene rings is 1. The lowest BCUT2D eigenvalue weighted by molar-refractivity contribution is -0.137. The summed E-state index contributed by atoms with van der Waals surface area (Å²) in [6.45, 7) is 1.83. The number of methoxy groups -OCH3 is 1. The van der Waals surface area contributed by atoms with Crippen LogP contribution in [0.3, 0.4) is 0 Å². The van der Waals surface area contributed by atoms with Crippen LogP contribution in [0.15, 0.2) is 12.1 Å². The summed E-state index contributed by atoms with van der Waals surface area (Å²) in [6, 6.07) is 2.81. The molecular weight excluding hydrogens is 230 g/mol. The van der Waals surface area contributed by atoms with Crippen molar-refractivity contribution in [2.45, 2.75) is 19.4 Å². The minimum absolute atomic E-state index is 0.136. The topological polar surface area (TPSA) is 72.5 Å². The summed E-state index contributed by atoms with van der Waals surface area (Å²) in [5.41, 5.74) is 7.22. The molecule has 1 aromatic rings. The van der Waals surface area contributed by atoms with Crippen molar-refractivity contribution in [3.8, 4) is 5.75 Å². The number of ether oxygens (including phenoxy) is 1. The average Bonchev–Trinajstić information content (AvgIpc) is 2.20. The first kappa shape index (κ1) is 12.8. The van der Waals surface area contributed by atoms with E-state index in [1.54, 1.807) is 12.1 Å². The highest BCUT2D eigenvalue weighted by Gasteiger charge is 2.14. The van der Waals surface area contributed by atoms with Gasteiger partial charge in [-0.25, -0.2) is 0 Å². The van der Waals surface area contributed by atoms with Gasteiger partial charge < -0.3 is 15.6 Å². The summed E-state index contributed by atoms with van der Waals surface area (Å²) in [6.07, 6.45) is -0.136. The smallest absolute Gasteiger partial charge is 0.305 e. The van der Waals surface area contributed by atoms with Crippen LogP contribution in [0.4, 0.5) is 0 Å². The van der Waals surface area contributed by atoms with Gasteiger partial charge in [-0.05, 0) is 24.6 Å². The van der Waals surface area contributed by atoms with E-state index in [4.69, 9.17) is 27.2 Å². The second-order valence-corrected chi connectivity index (χ2v) is 3.94. The minimum Gasteiger partial charge on any atom is -0.496 e. The first-order valence-corrected chi connectivity index (χ1v) is 5.15. The van der Waals surface area contributed by atoms with E-state index in [0.717, 1.165) is 5.56 Å². The Morgan fingerprint density at radius 2 is 2.25 bits per heavy atom. The van der Waals surface area contributed by atoms with Crippen LogP contribution in [0.2, 0.25) is 5.02 Å². The van der Waals surface area contributed by atoms with Gasteiger partial charge in [-0.15, -0.1) is 0 Å². The Morgan fingerprint density at radius 1 is 1.62 bits per heavy atom. The lowest BCUT2D eigenvalue weighted by atomic mass is 10.0. The molecule has 0 aliphatic rings. The average molecular weight is 244 g/mol. The van der Waals surface area contributed by atoms with Crippen LogP contribution >= 0.6 is 11.6 Å². The number of halogens is 1. The lowest BCUT2D eigenvalue weighted by Crippen LogP contribution is -2.15. The van der Waals surface area contributed by atoms with Gasteiger partial charge in [0.25, 0.3) is 0 Å². The third kappa shape index (κ3) is 2.87. The van der Waals surface area contributed by atoms with E-state index in [9.17, 15) is 4.79 Å². The molecule has 0 fully saturated rings. The molecule has 0 saturated heterocycles. The van der Waals surface area contributed by atoms with Gasteiger partial charge in [0.1, 0.15) is 5.75 Å². The van der Waals surface area contributed by atoms with Crippen LogP contribution < -0.4 is 10.5 Å². The number of carbonyl (C=O) groups is 1. The van der Waals surface area contributed by atoms with Crippen molar-refractivity contribution in [2.75, 3.05) is 7.11 Å². The Bertz CT molecular complexity index is 406. The second-order valence-electron chi connectivity index (χ2n) is 3.53. The normalized spacial score (nSPS) is 12.2. The largest absolute Gasteiger partial charge is 0.496 e. The van der Waals surface area contributed by atoms with E-state index in [2.05, 4.69) is 0 Å². The first-order valence-electron chi connectivity index (χ1n) is 4.77. The van der Waals surface area contributed by atoms with Gasteiger partial charge in [0.05, 0.1) is 13.5 Å². The highest BCUT2D eigenvalue weighted by atomic mass is 35.5. The molecule has 0 aromatic heterocycles. The molecule has 3 N–H and O–H groups in total. The predicted octanol–water partition coefficient (Wildman–Crippen LogP) is 2.13. The van der Waals surface area contributed by atoms with E-state index in [-0.39, 0.29) is 6.42 Å². The zero-order valence-electron chi connectivity index (χ0n) is 9.16. The summed E-state index contributed by atoms with van der Waals surface area (Å²) < 4.78 is 5.13. The second kappa shape index (κ2) is 5.18. The maximum absolute atomic E-state index is 10.5. The van der Waals surface area contributed by atoms with Crippen LogP contribution in [0.25, 0.3) is 0 Å². The van der Waals surface area contributed by atoms with Gasteiger partial charge in [0.15, 0.2) is 0 Å². The molecule has 1 aromatic carbocycles. The third-order valence-corrected chi connectivity index (χ3v) is 2.75. The van der Waals surface area contributed by atoms with Crippen molar-refractivity contribution in [3.05, 3.63) is 28.3 Å². The summed E-state index contributed by atoms with van der Waals surface area (Å²) >= 11 is 6.00. The fraction of sp³-hybridized carbons (Fsp3) is 0.364. The van der Waals surface area contributed by atoms with Gasteiger partial charge in [-0.3, -0.25) is 4.79 Å². The van der Waals surface area contributed by atoms with Crippen LogP contribution in [0, 0.1) is 6.92 Å². The van der Waals surface area contributed by atoms with Crippen LogP contribution in [0.5, 0.6) is 5.75 Å². The van der Waals surface area contributed by atoms with Crippen molar-refractivity contribution in [1.82, 2.24) is 0 Å². The molecule has 0 saturated carbocycles. The van der Waals surface area contributed by atoms with Gasteiger partial charge >= 0.3 is 5.97 Å². The quantitative estimate of drug-likeness (QED) is 0.850. The molecule has 5 heteroatoms.